The van der Waals surface area contributed by atoms with Gasteiger partial charge in [0.15, 0.2) is 5.82 Å². The van der Waals surface area contributed by atoms with E-state index in [2.05, 4.69) is 70.4 Å². The first kappa shape index (κ1) is 21.5. The summed E-state index contributed by atoms with van der Waals surface area (Å²) in [5, 5.41) is 13.9. The van der Waals surface area contributed by atoms with Crippen molar-refractivity contribution < 1.29 is 9.15 Å². The van der Waals surface area contributed by atoms with Crippen LogP contribution in [0.4, 0.5) is 5.69 Å². The minimum atomic E-state index is -0.248. The molecule has 1 atom stereocenters. The predicted octanol–water partition coefficient (Wildman–Crippen LogP) is 4.09. The van der Waals surface area contributed by atoms with E-state index in [1.54, 1.807) is 7.11 Å². The molecule has 2 aromatic heterocycles. The van der Waals surface area contributed by atoms with Crippen molar-refractivity contribution in [3.8, 4) is 5.75 Å². The number of piperazine rings is 1. The van der Waals surface area contributed by atoms with Crippen molar-refractivity contribution >= 4 is 16.7 Å². The summed E-state index contributed by atoms with van der Waals surface area (Å²) < 4.78 is 13.8. The lowest BCUT2D eigenvalue weighted by Crippen LogP contribution is -2.48. The quantitative estimate of drug-likeness (QED) is 0.457. The second-order valence-corrected chi connectivity index (χ2v) is 9.40. The van der Waals surface area contributed by atoms with Crippen molar-refractivity contribution in [1.82, 2.24) is 25.1 Å². The van der Waals surface area contributed by atoms with Crippen LogP contribution in [0, 0.1) is 0 Å². The lowest BCUT2D eigenvalue weighted by molar-refractivity contribution is 0.174. The van der Waals surface area contributed by atoms with Gasteiger partial charge in [-0.1, -0.05) is 30.3 Å². The van der Waals surface area contributed by atoms with Crippen molar-refractivity contribution in [2.24, 2.45) is 0 Å². The number of furan rings is 1. The molecule has 0 bridgehead atoms. The fourth-order valence-corrected chi connectivity index (χ4v) is 4.56. The molecule has 1 unspecified atom stereocenters. The molecule has 0 N–H and O–H groups in total. The number of ether oxygens (including phenoxy) is 1. The van der Waals surface area contributed by atoms with E-state index in [9.17, 15) is 0 Å². The van der Waals surface area contributed by atoms with Crippen molar-refractivity contribution in [2.75, 3.05) is 38.2 Å². The van der Waals surface area contributed by atoms with Gasteiger partial charge in [-0.15, -0.1) is 5.10 Å². The number of aromatic nitrogens is 4. The number of fused-ring (bicyclic) bond motifs is 1. The molecule has 8 nitrogen and oxygen atoms in total. The molecular formula is C25H30N6O2. The van der Waals surface area contributed by atoms with Crippen molar-refractivity contribution in [2.45, 2.75) is 32.4 Å². The van der Waals surface area contributed by atoms with Gasteiger partial charge in [-0.2, -0.15) is 0 Å². The van der Waals surface area contributed by atoms with Gasteiger partial charge < -0.3 is 14.1 Å². The van der Waals surface area contributed by atoms with Gasteiger partial charge in [0.1, 0.15) is 23.1 Å². The lowest BCUT2D eigenvalue weighted by atomic mass is 10.1. The van der Waals surface area contributed by atoms with Gasteiger partial charge >= 0.3 is 0 Å². The van der Waals surface area contributed by atoms with Gasteiger partial charge in [-0.05, 0) is 55.5 Å². The molecule has 1 fully saturated rings. The smallest absolute Gasteiger partial charge is 0.176 e. The SMILES string of the molecule is COc1ccccc1N1CCN(C(c2cc3ccccc3o2)c2nnnn2C(C)(C)C)CC1. The Balaban J connectivity index is 1.49. The van der Waals surface area contributed by atoms with E-state index in [1.165, 1.54) is 0 Å². The summed E-state index contributed by atoms with van der Waals surface area (Å²) in [6.45, 7) is 9.77. The van der Waals surface area contributed by atoms with Gasteiger partial charge in [-0.3, -0.25) is 4.90 Å². The third-order valence-electron chi connectivity index (χ3n) is 6.19. The lowest BCUT2D eigenvalue weighted by Gasteiger charge is -2.39. The Morgan fingerprint density at radius 2 is 1.70 bits per heavy atom. The number of hydrogen-bond acceptors (Lipinski definition) is 7. The molecule has 3 heterocycles. The molecule has 0 radical (unpaired) electrons. The van der Waals surface area contributed by atoms with E-state index in [0.29, 0.717) is 0 Å². The average Bonchev–Trinajstić information content (AvgIpc) is 3.47. The van der Waals surface area contributed by atoms with Gasteiger partial charge in [0, 0.05) is 31.6 Å². The normalized spacial score (nSPS) is 16.3. The van der Waals surface area contributed by atoms with Crippen LogP contribution in [-0.2, 0) is 5.54 Å². The molecule has 1 aliphatic rings. The van der Waals surface area contributed by atoms with Gasteiger partial charge in [-0.25, -0.2) is 4.68 Å². The van der Waals surface area contributed by atoms with Crippen LogP contribution in [0.2, 0.25) is 0 Å². The van der Waals surface area contributed by atoms with Crippen LogP contribution in [0.15, 0.2) is 59.0 Å². The Morgan fingerprint density at radius 1 is 0.970 bits per heavy atom. The van der Waals surface area contributed by atoms with E-state index in [0.717, 1.165) is 60.2 Å². The molecule has 0 spiro atoms. The molecule has 0 saturated carbocycles. The maximum Gasteiger partial charge on any atom is 0.176 e. The highest BCUT2D eigenvalue weighted by molar-refractivity contribution is 5.77. The van der Waals surface area contributed by atoms with Gasteiger partial charge in [0.2, 0.25) is 0 Å². The van der Waals surface area contributed by atoms with Crippen LogP contribution in [0.1, 0.15) is 38.4 Å². The fraction of sp³-hybridized carbons (Fsp3) is 0.400. The third-order valence-corrected chi connectivity index (χ3v) is 6.19. The minimum Gasteiger partial charge on any atom is -0.495 e. The summed E-state index contributed by atoms with van der Waals surface area (Å²) in [4.78, 5) is 4.79. The first-order chi connectivity index (χ1) is 16.0. The molecule has 1 saturated heterocycles. The highest BCUT2D eigenvalue weighted by atomic mass is 16.5. The number of nitrogens with zero attached hydrogens (tertiary/aromatic N) is 6. The van der Waals surface area contributed by atoms with Crippen LogP contribution < -0.4 is 9.64 Å². The molecule has 172 valence electrons. The molecule has 33 heavy (non-hydrogen) atoms. The summed E-state index contributed by atoms with van der Waals surface area (Å²) in [7, 11) is 1.72. The zero-order valence-corrected chi connectivity index (χ0v) is 19.6. The Hall–Kier alpha value is -3.39. The van der Waals surface area contributed by atoms with E-state index in [4.69, 9.17) is 9.15 Å². The van der Waals surface area contributed by atoms with Crippen LogP contribution in [0.3, 0.4) is 0 Å². The standard InChI is InChI=1S/C25H30N6O2/c1-25(2,3)31-24(26-27-28-31)23(22-17-18-9-5-7-11-20(18)33-22)30-15-13-29(14-16-30)19-10-6-8-12-21(19)32-4/h5-12,17,23H,13-16H2,1-4H3. The molecule has 8 heteroatoms. The predicted molar refractivity (Wildman–Crippen MR) is 128 cm³/mol. The number of methoxy groups -OCH3 is 1. The number of rotatable bonds is 5. The van der Waals surface area contributed by atoms with E-state index in [-0.39, 0.29) is 11.6 Å². The molecule has 4 aromatic rings. The largest absolute Gasteiger partial charge is 0.495 e. The summed E-state index contributed by atoms with van der Waals surface area (Å²) in [6.07, 6.45) is 0. The summed E-state index contributed by atoms with van der Waals surface area (Å²) in [6, 6.07) is 18.2. The Morgan fingerprint density at radius 3 is 2.42 bits per heavy atom. The highest BCUT2D eigenvalue weighted by Crippen LogP contribution is 2.35. The molecule has 5 rings (SSSR count). The van der Waals surface area contributed by atoms with Crippen LogP contribution in [0.5, 0.6) is 5.75 Å². The Kier molecular flexibility index (Phi) is 5.54. The molecule has 0 aliphatic carbocycles. The topological polar surface area (TPSA) is 72.5 Å². The second-order valence-electron chi connectivity index (χ2n) is 9.40. The summed E-state index contributed by atoms with van der Waals surface area (Å²) in [5.41, 5.74) is 1.75. The Labute approximate surface area is 193 Å². The van der Waals surface area contributed by atoms with Gasteiger partial charge in [0.05, 0.1) is 18.3 Å². The van der Waals surface area contributed by atoms with Crippen molar-refractivity contribution in [3.63, 3.8) is 0 Å². The van der Waals surface area contributed by atoms with E-state index < -0.39 is 0 Å². The monoisotopic (exact) mass is 446 g/mol. The first-order valence-corrected chi connectivity index (χ1v) is 11.3. The zero-order valence-electron chi connectivity index (χ0n) is 19.6. The highest BCUT2D eigenvalue weighted by Gasteiger charge is 2.35. The number of anilines is 1. The van der Waals surface area contributed by atoms with E-state index >= 15 is 0 Å². The number of hydrogen-bond donors (Lipinski definition) is 0. The average molecular weight is 447 g/mol. The molecule has 0 amide bonds. The van der Waals surface area contributed by atoms with Crippen LogP contribution in [0.25, 0.3) is 11.0 Å². The summed E-state index contributed by atoms with van der Waals surface area (Å²) in [5.74, 6) is 2.56. The third kappa shape index (κ3) is 4.06. The van der Waals surface area contributed by atoms with E-state index in [1.807, 2.05) is 35.0 Å². The first-order valence-electron chi connectivity index (χ1n) is 11.3. The van der Waals surface area contributed by atoms with Crippen molar-refractivity contribution in [3.05, 3.63) is 66.2 Å². The Bertz CT molecular complexity index is 1200. The number of tetrazole rings is 1. The van der Waals surface area contributed by atoms with Crippen LogP contribution in [-0.4, -0.2) is 58.4 Å². The fourth-order valence-electron chi connectivity index (χ4n) is 4.56. The maximum atomic E-state index is 6.34. The minimum absolute atomic E-state index is 0.175. The second kappa shape index (κ2) is 8.51. The van der Waals surface area contributed by atoms with Crippen molar-refractivity contribution in [1.29, 1.82) is 0 Å². The number of benzene rings is 2. The van der Waals surface area contributed by atoms with Gasteiger partial charge in [0.25, 0.3) is 0 Å². The summed E-state index contributed by atoms with van der Waals surface area (Å²) >= 11 is 0. The molecule has 2 aromatic carbocycles. The molecular weight excluding hydrogens is 416 g/mol. The zero-order chi connectivity index (χ0) is 23.0. The van der Waals surface area contributed by atoms with Crippen LogP contribution >= 0.6 is 0 Å². The molecule has 1 aliphatic heterocycles. The maximum absolute atomic E-state index is 6.34. The number of para-hydroxylation sites is 3.